The monoisotopic (exact) mass is 339 g/mol. The summed E-state index contributed by atoms with van der Waals surface area (Å²) in [6.45, 7) is 0.744. The maximum Gasteiger partial charge on any atom is 0.258 e. The summed E-state index contributed by atoms with van der Waals surface area (Å²) in [5, 5.41) is 8.11. The minimum absolute atomic E-state index is 0.0723. The molecule has 0 spiro atoms. The second kappa shape index (κ2) is 6.58. The van der Waals surface area contributed by atoms with Crippen LogP contribution in [0.4, 0.5) is 0 Å². The zero-order chi connectivity index (χ0) is 15.5. The molecule has 1 unspecified atom stereocenters. The maximum atomic E-state index is 12.0. The molecular formula is C15H15Cl2N3O2. The number of halogens is 2. The van der Waals surface area contributed by atoms with E-state index in [1.54, 1.807) is 24.4 Å². The third-order valence-electron chi connectivity index (χ3n) is 3.57. The number of aromatic nitrogens is 2. The van der Waals surface area contributed by atoms with Gasteiger partial charge in [-0.1, -0.05) is 23.2 Å². The maximum absolute atomic E-state index is 12.0. The van der Waals surface area contributed by atoms with E-state index in [-0.39, 0.29) is 18.6 Å². The summed E-state index contributed by atoms with van der Waals surface area (Å²) in [6.07, 6.45) is 3.43. The fraction of sp³-hybridized carbons (Fsp3) is 0.333. The van der Waals surface area contributed by atoms with E-state index in [0.717, 1.165) is 25.1 Å². The average molecular weight is 340 g/mol. The van der Waals surface area contributed by atoms with E-state index in [4.69, 9.17) is 27.9 Å². The number of ether oxygens (including phenoxy) is 1. The number of nitrogens with one attached hydrogen (secondary N) is 1. The number of hydrogen-bond acceptors (Lipinski definition) is 3. The minimum Gasteiger partial charge on any atom is -0.482 e. The number of rotatable bonds is 4. The zero-order valence-electron chi connectivity index (χ0n) is 11.8. The molecule has 0 radical (unpaired) electrons. The van der Waals surface area contributed by atoms with Crippen LogP contribution in [0.15, 0.2) is 30.5 Å². The summed E-state index contributed by atoms with van der Waals surface area (Å²) in [7, 11) is 0. The topological polar surface area (TPSA) is 56.1 Å². The Morgan fingerprint density at radius 1 is 1.41 bits per heavy atom. The molecule has 7 heteroatoms. The van der Waals surface area contributed by atoms with Crippen molar-refractivity contribution in [2.75, 3.05) is 6.61 Å². The van der Waals surface area contributed by atoms with Crippen LogP contribution in [-0.2, 0) is 17.8 Å². The Kier molecular flexibility index (Phi) is 4.55. The fourth-order valence-corrected chi connectivity index (χ4v) is 2.96. The van der Waals surface area contributed by atoms with Gasteiger partial charge in [0.05, 0.1) is 5.02 Å². The van der Waals surface area contributed by atoms with Crippen LogP contribution in [-0.4, -0.2) is 28.3 Å². The molecule has 0 saturated heterocycles. The Morgan fingerprint density at radius 2 is 2.27 bits per heavy atom. The first-order valence-corrected chi connectivity index (χ1v) is 7.75. The van der Waals surface area contributed by atoms with E-state index < -0.39 is 0 Å². The molecule has 2 heterocycles. The summed E-state index contributed by atoms with van der Waals surface area (Å²) in [6, 6.07) is 6.99. The molecule has 1 aromatic heterocycles. The number of nitrogens with zero attached hydrogens (tertiary/aromatic N) is 2. The number of amides is 1. The standard InChI is InChI=1S/C15H15Cl2N3O2/c16-10-1-2-14(13(17)7-10)22-9-15(21)19-11-4-6-20-12(8-11)3-5-18-20/h1-3,5,7,11H,4,6,8-9H2,(H,19,21). The van der Waals surface area contributed by atoms with E-state index in [1.165, 1.54) is 0 Å². The number of aryl methyl sites for hydroxylation is 1. The Morgan fingerprint density at radius 3 is 3.09 bits per heavy atom. The highest BCUT2D eigenvalue weighted by atomic mass is 35.5. The van der Waals surface area contributed by atoms with Gasteiger partial charge in [-0.25, -0.2) is 0 Å². The zero-order valence-corrected chi connectivity index (χ0v) is 13.3. The predicted molar refractivity (Wildman–Crippen MR) is 84.4 cm³/mol. The lowest BCUT2D eigenvalue weighted by atomic mass is 10.0. The molecule has 22 heavy (non-hydrogen) atoms. The van der Waals surface area contributed by atoms with Crippen LogP contribution in [0, 0.1) is 0 Å². The van der Waals surface area contributed by atoms with Crippen molar-refractivity contribution in [3.05, 3.63) is 46.2 Å². The molecule has 1 aliphatic heterocycles. The molecule has 1 aliphatic rings. The van der Waals surface area contributed by atoms with Crippen LogP contribution >= 0.6 is 23.2 Å². The van der Waals surface area contributed by atoms with Gasteiger partial charge in [-0.05, 0) is 30.7 Å². The average Bonchev–Trinajstić information content (AvgIpc) is 2.94. The highest BCUT2D eigenvalue weighted by molar-refractivity contribution is 6.35. The summed E-state index contributed by atoms with van der Waals surface area (Å²) >= 11 is 11.8. The molecule has 1 N–H and O–H groups in total. The normalized spacial score (nSPS) is 16.9. The molecule has 5 nitrogen and oxygen atoms in total. The van der Waals surface area contributed by atoms with Crippen LogP contribution in [0.25, 0.3) is 0 Å². The number of carbonyl (C=O) groups is 1. The molecule has 0 fully saturated rings. The molecule has 1 amide bonds. The molecule has 1 atom stereocenters. The molecule has 2 aromatic rings. The second-order valence-electron chi connectivity index (χ2n) is 5.17. The van der Waals surface area contributed by atoms with Crippen LogP contribution in [0.3, 0.4) is 0 Å². The van der Waals surface area contributed by atoms with Crippen molar-refractivity contribution in [1.29, 1.82) is 0 Å². The van der Waals surface area contributed by atoms with Gasteiger partial charge >= 0.3 is 0 Å². The Bertz CT molecular complexity index is 687. The van der Waals surface area contributed by atoms with Crippen LogP contribution < -0.4 is 10.1 Å². The van der Waals surface area contributed by atoms with E-state index in [1.807, 2.05) is 10.7 Å². The van der Waals surface area contributed by atoms with Gasteiger partial charge in [-0.2, -0.15) is 5.10 Å². The SMILES string of the molecule is O=C(COc1ccc(Cl)cc1Cl)NC1CCn2nccc2C1. The van der Waals surface area contributed by atoms with E-state index in [9.17, 15) is 4.79 Å². The van der Waals surface area contributed by atoms with E-state index in [2.05, 4.69) is 10.4 Å². The van der Waals surface area contributed by atoms with Gasteiger partial charge < -0.3 is 10.1 Å². The van der Waals surface area contributed by atoms with Crippen molar-refractivity contribution >= 4 is 29.1 Å². The smallest absolute Gasteiger partial charge is 0.258 e. The highest BCUT2D eigenvalue weighted by Crippen LogP contribution is 2.27. The van der Waals surface area contributed by atoms with Gasteiger partial charge in [0.15, 0.2) is 6.61 Å². The van der Waals surface area contributed by atoms with E-state index in [0.29, 0.717) is 15.8 Å². The first-order valence-electron chi connectivity index (χ1n) is 7.00. The molecule has 0 aliphatic carbocycles. The molecule has 0 bridgehead atoms. The van der Waals surface area contributed by atoms with Crippen molar-refractivity contribution < 1.29 is 9.53 Å². The second-order valence-corrected chi connectivity index (χ2v) is 6.01. The van der Waals surface area contributed by atoms with Crippen molar-refractivity contribution in [1.82, 2.24) is 15.1 Å². The number of benzene rings is 1. The van der Waals surface area contributed by atoms with Crippen molar-refractivity contribution in [2.24, 2.45) is 0 Å². The fourth-order valence-electron chi connectivity index (χ4n) is 2.50. The lowest BCUT2D eigenvalue weighted by Gasteiger charge is -2.24. The third-order valence-corrected chi connectivity index (χ3v) is 4.10. The van der Waals surface area contributed by atoms with Crippen molar-refractivity contribution in [3.63, 3.8) is 0 Å². The van der Waals surface area contributed by atoms with Gasteiger partial charge in [0, 0.05) is 35.9 Å². The lowest BCUT2D eigenvalue weighted by molar-refractivity contribution is -0.123. The van der Waals surface area contributed by atoms with Gasteiger partial charge in [-0.3, -0.25) is 9.48 Å². The van der Waals surface area contributed by atoms with Gasteiger partial charge in [0.1, 0.15) is 5.75 Å². The number of fused-ring (bicyclic) bond motifs is 1. The number of hydrogen-bond donors (Lipinski definition) is 1. The highest BCUT2D eigenvalue weighted by Gasteiger charge is 2.20. The minimum atomic E-state index is -0.163. The van der Waals surface area contributed by atoms with Crippen molar-refractivity contribution in [2.45, 2.75) is 25.4 Å². The molecule has 1 aromatic carbocycles. The summed E-state index contributed by atoms with van der Waals surface area (Å²) < 4.78 is 7.39. The molecule has 0 saturated carbocycles. The largest absolute Gasteiger partial charge is 0.482 e. The quantitative estimate of drug-likeness (QED) is 0.931. The predicted octanol–water partition coefficient (Wildman–Crippen LogP) is 2.70. The van der Waals surface area contributed by atoms with E-state index >= 15 is 0 Å². The Hall–Kier alpha value is -1.72. The number of carbonyl (C=O) groups excluding carboxylic acids is 1. The van der Waals surface area contributed by atoms with Gasteiger partial charge in [-0.15, -0.1) is 0 Å². The van der Waals surface area contributed by atoms with Crippen molar-refractivity contribution in [3.8, 4) is 5.75 Å². The van der Waals surface area contributed by atoms with Gasteiger partial charge in [0.2, 0.25) is 0 Å². The molecule has 116 valence electrons. The van der Waals surface area contributed by atoms with Crippen LogP contribution in [0.2, 0.25) is 10.0 Å². The Balaban J connectivity index is 1.51. The summed E-state index contributed by atoms with van der Waals surface area (Å²) in [5.41, 5.74) is 1.14. The lowest BCUT2D eigenvalue weighted by Crippen LogP contribution is -2.42. The summed E-state index contributed by atoms with van der Waals surface area (Å²) in [4.78, 5) is 12.0. The first kappa shape index (κ1) is 15.2. The summed E-state index contributed by atoms with van der Waals surface area (Å²) in [5.74, 6) is 0.284. The Labute approximate surface area is 138 Å². The molecular weight excluding hydrogens is 325 g/mol. The van der Waals surface area contributed by atoms with Gasteiger partial charge in [0.25, 0.3) is 5.91 Å². The first-order chi connectivity index (χ1) is 10.6. The molecule has 3 rings (SSSR count). The third kappa shape index (κ3) is 3.54. The van der Waals surface area contributed by atoms with Crippen LogP contribution in [0.5, 0.6) is 5.75 Å². The van der Waals surface area contributed by atoms with Crippen LogP contribution in [0.1, 0.15) is 12.1 Å².